The smallest absolute Gasteiger partial charge is 0.123 e. The molecule has 1 aromatic rings. The van der Waals surface area contributed by atoms with Gasteiger partial charge in [0.1, 0.15) is 24.3 Å². The number of benzene rings is 1. The van der Waals surface area contributed by atoms with Gasteiger partial charge >= 0.3 is 0 Å². The first-order chi connectivity index (χ1) is 9.11. The van der Waals surface area contributed by atoms with Crippen molar-refractivity contribution in [2.24, 2.45) is 0 Å². The lowest BCUT2D eigenvalue weighted by Gasteiger charge is -2.17. The SMILES string of the molecule is CCSCC(C)NCC(O)COc1ccc(F)cc1. The maximum atomic E-state index is 12.7. The predicted octanol–water partition coefficient (Wildman–Crippen LogP) is 2.30. The number of ether oxygens (including phenoxy) is 1. The van der Waals surface area contributed by atoms with Crippen molar-refractivity contribution >= 4 is 11.8 Å². The molecule has 0 aliphatic heterocycles. The second-order valence-corrected chi connectivity index (χ2v) is 5.71. The van der Waals surface area contributed by atoms with Crippen molar-refractivity contribution in [3.63, 3.8) is 0 Å². The second kappa shape index (κ2) is 9.18. The van der Waals surface area contributed by atoms with Crippen LogP contribution in [0.15, 0.2) is 24.3 Å². The van der Waals surface area contributed by atoms with Gasteiger partial charge in [-0.05, 0) is 36.9 Å². The molecular weight excluding hydrogens is 265 g/mol. The van der Waals surface area contributed by atoms with Gasteiger partial charge in [-0.25, -0.2) is 4.39 Å². The van der Waals surface area contributed by atoms with Crippen molar-refractivity contribution in [1.82, 2.24) is 5.32 Å². The number of hydrogen-bond acceptors (Lipinski definition) is 4. The number of rotatable bonds is 9. The molecule has 19 heavy (non-hydrogen) atoms. The van der Waals surface area contributed by atoms with E-state index in [-0.39, 0.29) is 12.4 Å². The zero-order chi connectivity index (χ0) is 14.1. The van der Waals surface area contributed by atoms with E-state index < -0.39 is 6.10 Å². The van der Waals surface area contributed by atoms with Crippen LogP contribution in [0.25, 0.3) is 0 Å². The fourth-order valence-electron chi connectivity index (χ4n) is 1.47. The number of thioether (sulfide) groups is 1. The third kappa shape index (κ3) is 7.40. The predicted molar refractivity (Wildman–Crippen MR) is 78.4 cm³/mol. The van der Waals surface area contributed by atoms with Gasteiger partial charge in [0.25, 0.3) is 0 Å². The molecule has 2 N–H and O–H groups in total. The summed E-state index contributed by atoms with van der Waals surface area (Å²) in [6.07, 6.45) is -0.570. The van der Waals surface area contributed by atoms with Crippen molar-refractivity contribution in [2.45, 2.75) is 26.0 Å². The van der Waals surface area contributed by atoms with Gasteiger partial charge in [0.05, 0.1) is 0 Å². The summed E-state index contributed by atoms with van der Waals surface area (Å²) in [5.41, 5.74) is 0. The van der Waals surface area contributed by atoms with E-state index in [1.807, 2.05) is 11.8 Å². The first-order valence-corrected chi connectivity index (χ1v) is 7.64. The molecule has 1 aromatic carbocycles. The molecule has 0 heterocycles. The Labute approximate surface area is 118 Å². The zero-order valence-electron chi connectivity index (χ0n) is 11.4. The van der Waals surface area contributed by atoms with Crippen LogP contribution in [0.5, 0.6) is 5.75 Å². The fraction of sp³-hybridized carbons (Fsp3) is 0.571. The topological polar surface area (TPSA) is 41.5 Å². The van der Waals surface area contributed by atoms with Gasteiger partial charge < -0.3 is 15.2 Å². The van der Waals surface area contributed by atoms with Gasteiger partial charge in [0.2, 0.25) is 0 Å². The van der Waals surface area contributed by atoms with Crippen molar-refractivity contribution in [3.8, 4) is 5.75 Å². The van der Waals surface area contributed by atoms with Gasteiger partial charge in [0.15, 0.2) is 0 Å². The summed E-state index contributed by atoms with van der Waals surface area (Å²) in [5, 5.41) is 13.0. The van der Waals surface area contributed by atoms with Crippen LogP contribution in [0, 0.1) is 5.82 Å². The van der Waals surface area contributed by atoms with E-state index in [9.17, 15) is 9.50 Å². The summed E-state index contributed by atoms with van der Waals surface area (Å²) in [6.45, 7) is 4.91. The second-order valence-electron chi connectivity index (χ2n) is 4.39. The molecule has 0 radical (unpaired) electrons. The lowest BCUT2D eigenvalue weighted by Crippen LogP contribution is -2.37. The Balaban J connectivity index is 2.17. The zero-order valence-corrected chi connectivity index (χ0v) is 12.3. The van der Waals surface area contributed by atoms with Crippen molar-refractivity contribution < 1.29 is 14.2 Å². The summed E-state index contributed by atoms with van der Waals surface area (Å²) >= 11 is 1.87. The molecule has 0 aliphatic rings. The molecule has 108 valence electrons. The molecule has 0 saturated heterocycles. The highest BCUT2D eigenvalue weighted by Crippen LogP contribution is 2.11. The Morgan fingerprint density at radius 3 is 2.68 bits per heavy atom. The lowest BCUT2D eigenvalue weighted by atomic mass is 10.3. The van der Waals surface area contributed by atoms with Crippen LogP contribution in [0.1, 0.15) is 13.8 Å². The van der Waals surface area contributed by atoms with Crippen LogP contribution in [-0.4, -0.2) is 41.9 Å². The molecule has 0 fully saturated rings. The standard InChI is InChI=1S/C14H22FNO2S/c1-3-19-10-11(2)16-8-13(17)9-18-14-6-4-12(15)5-7-14/h4-7,11,13,16-17H,3,8-10H2,1-2H3. The average Bonchev–Trinajstić information content (AvgIpc) is 2.42. The van der Waals surface area contributed by atoms with E-state index in [4.69, 9.17) is 4.74 Å². The van der Waals surface area contributed by atoms with Gasteiger partial charge in [-0.3, -0.25) is 0 Å². The molecule has 1 rings (SSSR count). The highest BCUT2D eigenvalue weighted by atomic mass is 32.2. The molecule has 2 unspecified atom stereocenters. The van der Waals surface area contributed by atoms with E-state index in [0.717, 1.165) is 11.5 Å². The Hall–Kier alpha value is -0.780. The Kier molecular flexibility index (Phi) is 7.86. The van der Waals surface area contributed by atoms with E-state index in [0.29, 0.717) is 18.3 Å². The first-order valence-electron chi connectivity index (χ1n) is 6.49. The first kappa shape index (κ1) is 16.3. The Bertz CT molecular complexity index is 348. The normalized spacial score (nSPS) is 14.1. The summed E-state index contributed by atoms with van der Waals surface area (Å²) < 4.78 is 18.1. The average molecular weight is 287 g/mol. The van der Waals surface area contributed by atoms with E-state index in [2.05, 4.69) is 19.2 Å². The van der Waals surface area contributed by atoms with Crippen LogP contribution >= 0.6 is 11.8 Å². The van der Waals surface area contributed by atoms with Crippen molar-refractivity contribution in [2.75, 3.05) is 24.7 Å². The molecule has 0 aromatic heterocycles. The van der Waals surface area contributed by atoms with Crippen LogP contribution in [0.3, 0.4) is 0 Å². The molecule has 0 bridgehead atoms. The third-order valence-electron chi connectivity index (χ3n) is 2.53. The number of aliphatic hydroxyl groups is 1. The molecule has 0 aliphatic carbocycles. The van der Waals surface area contributed by atoms with E-state index in [1.165, 1.54) is 12.1 Å². The van der Waals surface area contributed by atoms with Crippen LogP contribution < -0.4 is 10.1 Å². The highest BCUT2D eigenvalue weighted by molar-refractivity contribution is 7.99. The van der Waals surface area contributed by atoms with Crippen LogP contribution in [-0.2, 0) is 0 Å². The Morgan fingerprint density at radius 1 is 1.37 bits per heavy atom. The number of hydrogen-bond donors (Lipinski definition) is 2. The maximum absolute atomic E-state index is 12.7. The number of nitrogens with one attached hydrogen (secondary N) is 1. The van der Waals surface area contributed by atoms with E-state index in [1.54, 1.807) is 12.1 Å². The van der Waals surface area contributed by atoms with Crippen molar-refractivity contribution in [1.29, 1.82) is 0 Å². The number of aliphatic hydroxyl groups excluding tert-OH is 1. The molecular formula is C14H22FNO2S. The summed E-state index contributed by atoms with van der Waals surface area (Å²) in [5.74, 6) is 2.40. The quantitative estimate of drug-likeness (QED) is 0.731. The minimum atomic E-state index is -0.570. The molecule has 0 spiro atoms. The highest BCUT2D eigenvalue weighted by Gasteiger charge is 2.08. The molecule has 0 amide bonds. The molecule has 0 saturated carbocycles. The third-order valence-corrected chi connectivity index (χ3v) is 3.67. The fourth-order valence-corrected chi connectivity index (χ4v) is 2.18. The van der Waals surface area contributed by atoms with Gasteiger partial charge in [-0.1, -0.05) is 6.92 Å². The molecule has 3 nitrogen and oxygen atoms in total. The van der Waals surface area contributed by atoms with Crippen molar-refractivity contribution in [3.05, 3.63) is 30.1 Å². The lowest BCUT2D eigenvalue weighted by molar-refractivity contribution is 0.105. The van der Waals surface area contributed by atoms with Crippen LogP contribution in [0.4, 0.5) is 4.39 Å². The molecule has 2 atom stereocenters. The maximum Gasteiger partial charge on any atom is 0.123 e. The largest absolute Gasteiger partial charge is 0.491 e. The minimum Gasteiger partial charge on any atom is -0.491 e. The monoisotopic (exact) mass is 287 g/mol. The Morgan fingerprint density at radius 2 is 2.05 bits per heavy atom. The van der Waals surface area contributed by atoms with Gasteiger partial charge in [-0.15, -0.1) is 0 Å². The molecule has 5 heteroatoms. The van der Waals surface area contributed by atoms with Gasteiger partial charge in [0, 0.05) is 18.3 Å². The summed E-state index contributed by atoms with van der Waals surface area (Å²) in [6, 6.07) is 6.14. The van der Waals surface area contributed by atoms with E-state index >= 15 is 0 Å². The number of halogens is 1. The van der Waals surface area contributed by atoms with Gasteiger partial charge in [-0.2, -0.15) is 11.8 Å². The summed E-state index contributed by atoms with van der Waals surface area (Å²) in [7, 11) is 0. The summed E-state index contributed by atoms with van der Waals surface area (Å²) in [4.78, 5) is 0. The van der Waals surface area contributed by atoms with Crippen LogP contribution in [0.2, 0.25) is 0 Å². The minimum absolute atomic E-state index is 0.201.